The zero-order valence-corrected chi connectivity index (χ0v) is 10.4. The van der Waals surface area contributed by atoms with Crippen molar-refractivity contribution in [3.63, 3.8) is 0 Å². The van der Waals surface area contributed by atoms with Crippen LogP contribution in [0.25, 0.3) is 0 Å². The van der Waals surface area contributed by atoms with Crippen molar-refractivity contribution in [2.24, 2.45) is 11.7 Å². The fourth-order valence-electron chi connectivity index (χ4n) is 3.16. The first-order chi connectivity index (χ1) is 8.24. The molecule has 3 rings (SSSR count). The first kappa shape index (κ1) is 11.2. The third kappa shape index (κ3) is 2.09. The third-order valence-electron chi connectivity index (χ3n) is 4.27. The molecule has 2 N–H and O–H groups in total. The molecule has 0 saturated heterocycles. The van der Waals surface area contributed by atoms with E-state index in [1.807, 2.05) is 6.33 Å². The molecule has 0 spiro atoms. The van der Waals surface area contributed by atoms with Gasteiger partial charge in [-0.05, 0) is 25.2 Å². The summed E-state index contributed by atoms with van der Waals surface area (Å²) < 4.78 is 2.15. The maximum atomic E-state index is 6.28. The lowest BCUT2D eigenvalue weighted by atomic mass is 9.83. The fourth-order valence-corrected chi connectivity index (χ4v) is 3.16. The molecule has 0 radical (unpaired) electrons. The standard InChI is InChI=1S/C12H21N5/c1-9-2-3-10(13)11(6-9)16-4-5-17-8-14-15-12(17)7-16/h8-11H,2-7,13H2,1H3. The summed E-state index contributed by atoms with van der Waals surface area (Å²) in [5.41, 5.74) is 6.28. The van der Waals surface area contributed by atoms with E-state index < -0.39 is 0 Å². The van der Waals surface area contributed by atoms with Gasteiger partial charge in [-0.25, -0.2) is 0 Å². The van der Waals surface area contributed by atoms with E-state index in [0.29, 0.717) is 12.1 Å². The predicted octanol–water partition coefficient (Wildman–Crippen LogP) is 0.610. The molecular formula is C12H21N5. The van der Waals surface area contributed by atoms with Gasteiger partial charge < -0.3 is 10.3 Å². The molecule has 17 heavy (non-hydrogen) atoms. The van der Waals surface area contributed by atoms with Crippen molar-refractivity contribution in [2.45, 2.75) is 51.4 Å². The summed E-state index contributed by atoms with van der Waals surface area (Å²) in [6, 6.07) is 0.866. The number of fused-ring (bicyclic) bond motifs is 1. The van der Waals surface area contributed by atoms with Crippen molar-refractivity contribution >= 4 is 0 Å². The molecule has 3 atom stereocenters. The van der Waals surface area contributed by atoms with Crippen molar-refractivity contribution in [3.8, 4) is 0 Å². The van der Waals surface area contributed by atoms with Gasteiger partial charge in [0.05, 0.1) is 6.54 Å². The Labute approximate surface area is 102 Å². The Balaban J connectivity index is 1.73. The highest BCUT2D eigenvalue weighted by atomic mass is 15.3. The molecule has 3 unspecified atom stereocenters. The molecule has 1 aliphatic carbocycles. The molecule has 0 aromatic carbocycles. The predicted molar refractivity (Wildman–Crippen MR) is 65.2 cm³/mol. The molecule has 1 aromatic rings. The zero-order valence-electron chi connectivity index (χ0n) is 10.4. The van der Waals surface area contributed by atoms with Gasteiger partial charge in [0.15, 0.2) is 0 Å². The van der Waals surface area contributed by atoms with Crippen molar-refractivity contribution < 1.29 is 0 Å². The highest BCUT2D eigenvalue weighted by Gasteiger charge is 2.32. The monoisotopic (exact) mass is 235 g/mol. The minimum absolute atomic E-state index is 0.334. The number of aromatic nitrogens is 3. The number of hydrogen-bond donors (Lipinski definition) is 1. The molecule has 2 heterocycles. The summed E-state index contributed by atoms with van der Waals surface area (Å²) in [5, 5.41) is 8.15. The van der Waals surface area contributed by atoms with Gasteiger partial charge >= 0.3 is 0 Å². The van der Waals surface area contributed by atoms with Gasteiger partial charge in [-0.15, -0.1) is 10.2 Å². The highest BCUT2D eigenvalue weighted by molar-refractivity contribution is 4.95. The van der Waals surface area contributed by atoms with Crippen LogP contribution in [0.3, 0.4) is 0 Å². The summed E-state index contributed by atoms with van der Waals surface area (Å²) in [6.07, 6.45) is 5.50. The summed E-state index contributed by atoms with van der Waals surface area (Å²) >= 11 is 0. The first-order valence-electron chi connectivity index (χ1n) is 6.60. The van der Waals surface area contributed by atoms with Gasteiger partial charge in [-0.3, -0.25) is 4.90 Å². The van der Waals surface area contributed by atoms with Crippen LogP contribution in [0.5, 0.6) is 0 Å². The lowest BCUT2D eigenvalue weighted by Gasteiger charge is -2.42. The zero-order chi connectivity index (χ0) is 11.8. The molecule has 5 nitrogen and oxygen atoms in total. The molecular weight excluding hydrogens is 214 g/mol. The van der Waals surface area contributed by atoms with E-state index in [1.54, 1.807) is 0 Å². The Morgan fingerprint density at radius 1 is 1.35 bits per heavy atom. The van der Waals surface area contributed by atoms with Gasteiger partial charge in [0.25, 0.3) is 0 Å². The smallest absolute Gasteiger partial charge is 0.147 e. The van der Waals surface area contributed by atoms with Crippen molar-refractivity contribution in [1.29, 1.82) is 0 Å². The van der Waals surface area contributed by atoms with Crippen LogP contribution in [0, 0.1) is 5.92 Å². The Morgan fingerprint density at radius 2 is 2.24 bits per heavy atom. The lowest BCUT2D eigenvalue weighted by molar-refractivity contribution is 0.0885. The van der Waals surface area contributed by atoms with Crippen LogP contribution in [-0.2, 0) is 13.1 Å². The van der Waals surface area contributed by atoms with E-state index in [4.69, 9.17) is 5.73 Å². The van der Waals surface area contributed by atoms with E-state index in [9.17, 15) is 0 Å². The normalized spacial score (nSPS) is 34.6. The number of nitrogens with two attached hydrogens (primary N) is 1. The Bertz CT molecular complexity index is 388. The van der Waals surface area contributed by atoms with E-state index in [2.05, 4.69) is 26.6 Å². The van der Waals surface area contributed by atoms with Gasteiger partial charge in [0, 0.05) is 25.2 Å². The van der Waals surface area contributed by atoms with Crippen LogP contribution in [-0.4, -0.2) is 38.3 Å². The topological polar surface area (TPSA) is 60.0 Å². The summed E-state index contributed by atoms with van der Waals surface area (Å²) in [4.78, 5) is 2.50. The maximum absolute atomic E-state index is 6.28. The minimum atomic E-state index is 0.334. The Kier molecular flexibility index (Phi) is 2.88. The van der Waals surface area contributed by atoms with Gasteiger partial charge in [-0.2, -0.15) is 0 Å². The molecule has 1 fully saturated rings. The number of nitrogens with zero attached hydrogens (tertiary/aromatic N) is 4. The third-order valence-corrected chi connectivity index (χ3v) is 4.27. The van der Waals surface area contributed by atoms with Gasteiger partial charge in [-0.1, -0.05) is 6.92 Å². The van der Waals surface area contributed by atoms with E-state index in [1.165, 1.54) is 12.8 Å². The molecule has 94 valence electrons. The second-order valence-electron chi connectivity index (χ2n) is 5.56. The lowest BCUT2D eigenvalue weighted by Crippen LogP contribution is -2.53. The van der Waals surface area contributed by atoms with E-state index >= 15 is 0 Å². The van der Waals surface area contributed by atoms with E-state index in [0.717, 1.165) is 37.8 Å². The quantitative estimate of drug-likeness (QED) is 0.775. The molecule has 2 aliphatic rings. The largest absolute Gasteiger partial charge is 0.326 e. The molecule has 0 bridgehead atoms. The molecule has 1 aliphatic heterocycles. The molecule has 1 saturated carbocycles. The number of rotatable bonds is 1. The van der Waals surface area contributed by atoms with Crippen molar-refractivity contribution in [2.75, 3.05) is 6.54 Å². The van der Waals surface area contributed by atoms with Gasteiger partial charge in [0.2, 0.25) is 0 Å². The van der Waals surface area contributed by atoms with Crippen LogP contribution in [0.2, 0.25) is 0 Å². The highest BCUT2D eigenvalue weighted by Crippen LogP contribution is 2.28. The second-order valence-corrected chi connectivity index (χ2v) is 5.56. The summed E-state index contributed by atoms with van der Waals surface area (Å²) in [6.45, 7) is 5.33. The van der Waals surface area contributed by atoms with Crippen LogP contribution < -0.4 is 5.73 Å². The number of hydrogen-bond acceptors (Lipinski definition) is 4. The van der Waals surface area contributed by atoms with Crippen molar-refractivity contribution in [3.05, 3.63) is 12.2 Å². The second kappa shape index (κ2) is 4.38. The van der Waals surface area contributed by atoms with Gasteiger partial charge in [0.1, 0.15) is 12.2 Å². The van der Waals surface area contributed by atoms with Crippen LogP contribution >= 0.6 is 0 Å². The first-order valence-corrected chi connectivity index (χ1v) is 6.60. The van der Waals surface area contributed by atoms with Crippen LogP contribution in [0.15, 0.2) is 6.33 Å². The average Bonchev–Trinajstić information content (AvgIpc) is 2.79. The summed E-state index contributed by atoms with van der Waals surface area (Å²) in [5.74, 6) is 1.89. The molecule has 5 heteroatoms. The minimum Gasteiger partial charge on any atom is -0.326 e. The SMILES string of the molecule is CC1CCC(N)C(N2CCn3cnnc3C2)C1. The fraction of sp³-hybridized carbons (Fsp3) is 0.833. The Morgan fingerprint density at radius 3 is 3.12 bits per heavy atom. The van der Waals surface area contributed by atoms with Crippen LogP contribution in [0.4, 0.5) is 0 Å². The average molecular weight is 235 g/mol. The molecule has 0 amide bonds. The summed E-state index contributed by atoms with van der Waals surface area (Å²) in [7, 11) is 0. The Hall–Kier alpha value is -0.940. The molecule has 1 aromatic heterocycles. The van der Waals surface area contributed by atoms with Crippen molar-refractivity contribution in [1.82, 2.24) is 19.7 Å². The maximum Gasteiger partial charge on any atom is 0.147 e. The van der Waals surface area contributed by atoms with E-state index in [-0.39, 0.29) is 0 Å². The van der Waals surface area contributed by atoms with Crippen LogP contribution in [0.1, 0.15) is 32.0 Å².